The zero-order chi connectivity index (χ0) is 14.5. The van der Waals surface area contributed by atoms with Gasteiger partial charge in [-0.15, -0.1) is 0 Å². The lowest BCUT2D eigenvalue weighted by Gasteiger charge is -2.31. The molecule has 0 fully saturated rings. The lowest BCUT2D eigenvalue weighted by Crippen LogP contribution is -2.35. The van der Waals surface area contributed by atoms with Crippen molar-refractivity contribution in [2.75, 3.05) is 6.61 Å². The number of aliphatic hydroxyl groups is 2. The maximum Gasteiger partial charge on any atom is 0.122 e. The number of benzene rings is 1. The first kappa shape index (κ1) is 15.3. The third kappa shape index (κ3) is 3.33. The van der Waals surface area contributed by atoms with Gasteiger partial charge in [-0.25, -0.2) is 0 Å². The van der Waals surface area contributed by atoms with Crippen molar-refractivity contribution >= 4 is 0 Å². The van der Waals surface area contributed by atoms with Gasteiger partial charge in [0.2, 0.25) is 0 Å². The van der Waals surface area contributed by atoms with Gasteiger partial charge >= 0.3 is 0 Å². The zero-order valence-electron chi connectivity index (χ0n) is 12.5. The molecular weight excluding hydrogens is 252 g/mol. The molecule has 1 heterocycles. The topological polar surface area (TPSA) is 49.7 Å². The van der Waals surface area contributed by atoms with Crippen LogP contribution in [0, 0.1) is 5.92 Å². The quantitative estimate of drug-likeness (QED) is 0.840. The number of hydrogen-bond acceptors (Lipinski definition) is 3. The van der Waals surface area contributed by atoms with Gasteiger partial charge in [-0.3, -0.25) is 0 Å². The van der Waals surface area contributed by atoms with Crippen LogP contribution < -0.4 is 4.74 Å². The molecule has 2 N–H and O–H groups in total. The molecule has 1 aromatic rings. The highest BCUT2D eigenvalue weighted by atomic mass is 16.5. The molecule has 20 heavy (non-hydrogen) atoms. The highest BCUT2D eigenvalue weighted by molar-refractivity contribution is 5.37. The lowest BCUT2D eigenvalue weighted by molar-refractivity contribution is -0.0279. The second-order valence-electron chi connectivity index (χ2n) is 5.74. The average molecular weight is 278 g/mol. The number of fused-ring (bicyclic) bond motifs is 1. The third-order valence-corrected chi connectivity index (χ3v) is 4.53. The van der Waals surface area contributed by atoms with Gasteiger partial charge in [0.15, 0.2) is 0 Å². The number of ether oxygens (including phenoxy) is 1. The van der Waals surface area contributed by atoms with Crippen molar-refractivity contribution in [2.24, 2.45) is 5.92 Å². The van der Waals surface area contributed by atoms with Gasteiger partial charge in [-0.05, 0) is 36.3 Å². The summed E-state index contributed by atoms with van der Waals surface area (Å²) in [5, 5.41) is 20.6. The first-order valence-electron chi connectivity index (χ1n) is 7.75. The molecule has 1 aromatic carbocycles. The molecule has 3 heteroatoms. The molecule has 0 radical (unpaired) electrons. The minimum atomic E-state index is -0.656. The van der Waals surface area contributed by atoms with Crippen LogP contribution in [0.4, 0.5) is 0 Å². The van der Waals surface area contributed by atoms with Crippen molar-refractivity contribution in [3.05, 3.63) is 29.8 Å². The molecule has 1 aliphatic rings. The van der Waals surface area contributed by atoms with Crippen molar-refractivity contribution in [1.29, 1.82) is 0 Å². The van der Waals surface area contributed by atoms with Crippen molar-refractivity contribution < 1.29 is 14.9 Å². The van der Waals surface area contributed by atoms with E-state index in [4.69, 9.17) is 4.74 Å². The van der Waals surface area contributed by atoms with Crippen molar-refractivity contribution in [2.45, 2.75) is 57.7 Å². The number of hydrogen-bond donors (Lipinski definition) is 2. The Morgan fingerprint density at radius 1 is 1.20 bits per heavy atom. The van der Waals surface area contributed by atoms with E-state index in [9.17, 15) is 10.2 Å². The number of rotatable bonds is 6. The summed E-state index contributed by atoms with van der Waals surface area (Å²) in [6.45, 7) is 4.82. The molecule has 0 aliphatic carbocycles. The zero-order valence-corrected chi connectivity index (χ0v) is 12.5. The molecule has 0 amide bonds. The normalized spacial score (nSPS) is 21.1. The molecular formula is C17H26O3. The summed E-state index contributed by atoms with van der Waals surface area (Å²) < 4.78 is 5.64. The summed E-state index contributed by atoms with van der Waals surface area (Å²) in [7, 11) is 0. The Hall–Kier alpha value is -1.06. The molecule has 0 aromatic heterocycles. The molecule has 112 valence electrons. The van der Waals surface area contributed by atoms with Gasteiger partial charge in [-0.2, -0.15) is 0 Å². The summed E-state index contributed by atoms with van der Waals surface area (Å²) in [5.74, 6) is 1.38. The van der Waals surface area contributed by atoms with E-state index >= 15 is 0 Å². The smallest absolute Gasteiger partial charge is 0.122 e. The van der Waals surface area contributed by atoms with E-state index in [2.05, 4.69) is 19.9 Å². The Morgan fingerprint density at radius 3 is 2.60 bits per heavy atom. The first-order valence-corrected chi connectivity index (χ1v) is 7.75. The van der Waals surface area contributed by atoms with Gasteiger partial charge in [-0.1, -0.05) is 44.9 Å². The van der Waals surface area contributed by atoms with Gasteiger partial charge in [0.05, 0.1) is 18.8 Å². The SMILES string of the molecule is CCC(CC)C(O)C(O)CC1CCOc2ccccc21. The molecule has 3 atom stereocenters. The number of aliphatic hydroxyl groups excluding tert-OH is 2. The molecule has 3 nitrogen and oxygen atoms in total. The van der Waals surface area contributed by atoms with E-state index in [1.54, 1.807) is 0 Å². The lowest BCUT2D eigenvalue weighted by atomic mass is 9.83. The molecule has 2 rings (SSSR count). The van der Waals surface area contributed by atoms with Gasteiger partial charge in [0.25, 0.3) is 0 Å². The van der Waals surface area contributed by atoms with Crippen LogP contribution in [0.25, 0.3) is 0 Å². The first-order chi connectivity index (χ1) is 9.67. The minimum Gasteiger partial charge on any atom is -0.493 e. The molecule has 0 saturated heterocycles. The fourth-order valence-corrected chi connectivity index (χ4v) is 3.18. The second kappa shape index (κ2) is 7.09. The van der Waals surface area contributed by atoms with E-state index in [0.29, 0.717) is 13.0 Å². The van der Waals surface area contributed by atoms with Crippen LogP contribution >= 0.6 is 0 Å². The highest BCUT2D eigenvalue weighted by Gasteiger charge is 2.29. The van der Waals surface area contributed by atoms with E-state index in [-0.39, 0.29) is 11.8 Å². The molecule has 1 aliphatic heterocycles. The fourth-order valence-electron chi connectivity index (χ4n) is 3.18. The average Bonchev–Trinajstić information content (AvgIpc) is 2.48. The van der Waals surface area contributed by atoms with E-state index in [0.717, 1.165) is 30.6 Å². The van der Waals surface area contributed by atoms with Crippen LogP contribution in [0.1, 0.15) is 51.0 Å². The summed E-state index contributed by atoms with van der Waals surface area (Å²) in [6.07, 6.45) is 2.04. The predicted molar refractivity (Wildman–Crippen MR) is 80.0 cm³/mol. The highest BCUT2D eigenvalue weighted by Crippen LogP contribution is 2.37. The molecule has 0 spiro atoms. The summed E-state index contributed by atoms with van der Waals surface area (Å²) in [5.41, 5.74) is 1.16. The monoisotopic (exact) mass is 278 g/mol. The van der Waals surface area contributed by atoms with Crippen LogP contribution in [0.3, 0.4) is 0 Å². The Labute approximate surface area is 121 Å². The fraction of sp³-hybridized carbons (Fsp3) is 0.647. The predicted octanol–water partition coefficient (Wildman–Crippen LogP) is 3.10. The van der Waals surface area contributed by atoms with Crippen molar-refractivity contribution in [3.8, 4) is 5.75 Å². The standard InChI is InChI=1S/C17H26O3/c1-3-12(4-2)17(19)15(18)11-13-9-10-20-16-8-6-5-7-14(13)16/h5-8,12-13,15,17-19H,3-4,9-11H2,1-2H3. The van der Waals surface area contributed by atoms with E-state index in [1.165, 1.54) is 0 Å². The van der Waals surface area contributed by atoms with Crippen LogP contribution in [0.5, 0.6) is 5.75 Å². The number of para-hydroxylation sites is 1. The van der Waals surface area contributed by atoms with Crippen LogP contribution in [-0.2, 0) is 0 Å². The molecule has 3 unspecified atom stereocenters. The molecule has 0 saturated carbocycles. The molecule has 0 bridgehead atoms. The Balaban J connectivity index is 2.03. The summed E-state index contributed by atoms with van der Waals surface area (Å²) >= 11 is 0. The maximum absolute atomic E-state index is 10.3. The third-order valence-electron chi connectivity index (χ3n) is 4.53. The van der Waals surface area contributed by atoms with Crippen LogP contribution in [0.15, 0.2) is 24.3 Å². The summed E-state index contributed by atoms with van der Waals surface area (Å²) in [4.78, 5) is 0. The van der Waals surface area contributed by atoms with Crippen molar-refractivity contribution in [3.63, 3.8) is 0 Å². The van der Waals surface area contributed by atoms with E-state index in [1.807, 2.05) is 18.2 Å². The Morgan fingerprint density at radius 2 is 1.90 bits per heavy atom. The Kier molecular flexibility index (Phi) is 5.44. The maximum atomic E-state index is 10.3. The van der Waals surface area contributed by atoms with Gasteiger partial charge in [0, 0.05) is 0 Å². The minimum absolute atomic E-state index is 0.181. The van der Waals surface area contributed by atoms with Crippen molar-refractivity contribution in [1.82, 2.24) is 0 Å². The van der Waals surface area contributed by atoms with Gasteiger partial charge < -0.3 is 14.9 Å². The largest absolute Gasteiger partial charge is 0.493 e. The summed E-state index contributed by atoms with van der Waals surface area (Å²) in [6, 6.07) is 8.02. The van der Waals surface area contributed by atoms with Gasteiger partial charge in [0.1, 0.15) is 5.75 Å². The van der Waals surface area contributed by atoms with E-state index < -0.39 is 12.2 Å². The van der Waals surface area contributed by atoms with Crippen LogP contribution in [0.2, 0.25) is 0 Å². The Bertz CT molecular complexity index is 414. The second-order valence-corrected chi connectivity index (χ2v) is 5.74. The van der Waals surface area contributed by atoms with Crippen LogP contribution in [-0.4, -0.2) is 29.0 Å².